The molecule has 1 heterocycles. The molecule has 6 heteroatoms. The number of amides is 1. The van der Waals surface area contributed by atoms with E-state index in [0.29, 0.717) is 22.3 Å². The van der Waals surface area contributed by atoms with Gasteiger partial charge in [0.1, 0.15) is 12.4 Å². The Kier molecular flexibility index (Phi) is 5.56. The summed E-state index contributed by atoms with van der Waals surface area (Å²) >= 11 is 1.31. The highest BCUT2D eigenvalue weighted by Gasteiger charge is 2.15. The zero-order chi connectivity index (χ0) is 19.4. The van der Waals surface area contributed by atoms with Crippen molar-refractivity contribution in [3.05, 3.63) is 70.2 Å². The number of nitrogens with one attached hydrogen (secondary N) is 1. The fraction of sp³-hybridized carbons (Fsp3) is 0.286. The molecule has 27 heavy (non-hydrogen) atoms. The highest BCUT2D eigenvalue weighted by atomic mass is 32.1. The standard InChI is InChI=1S/C21H23N3O2S/c1-14-5-11-17(12-6-14)26-13-18-23-24-20(27-18)22-19(25)15-7-9-16(10-8-15)21(2,3)4/h5-12H,13H2,1-4H3,(H,22,24,25). The van der Waals surface area contributed by atoms with Gasteiger partial charge in [0.2, 0.25) is 5.13 Å². The lowest BCUT2D eigenvalue weighted by atomic mass is 9.87. The van der Waals surface area contributed by atoms with Crippen LogP contribution in [0, 0.1) is 6.92 Å². The average Bonchev–Trinajstić information content (AvgIpc) is 3.08. The number of hydrogen-bond donors (Lipinski definition) is 1. The second-order valence-electron chi connectivity index (χ2n) is 7.38. The lowest BCUT2D eigenvalue weighted by Gasteiger charge is -2.18. The molecule has 0 aliphatic carbocycles. The summed E-state index contributed by atoms with van der Waals surface area (Å²) < 4.78 is 5.69. The van der Waals surface area contributed by atoms with Crippen molar-refractivity contribution < 1.29 is 9.53 Å². The van der Waals surface area contributed by atoms with Gasteiger partial charge >= 0.3 is 0 Å². The molecule has 0 saturated carbocycles. The summed E-state index contributed by atoms with van der Waals surface area (Å²) in [6.07, 6.45) is 0. The lowest BCUT2D eigenvalue weighted by Crippen LogP contribution is -2.14. The topological polar surface area (TPSA) is 64.1 Å². The van der Waals surface area contributed by atoms with Crippen LogP contribution < -0.4 is 10.1 Å². The molecule has 0 fully saturated rings. The van der Waals surface area contributed by atoms with Gasteiger partial charge in [0, 0.05) is 5.56 Å². The van der Waals surface area contributed by atoms with Gasteiger partial charge in [0.15, 0.2) is 5.01 Å². The Hall–Kier alpha value is -2.73. The van der Waals surface area contributed by atoms with Gasteiger partial charge in [-0.15, -0.1) is 10.2 Å². The van der Waals surface area contributed by atoms with Gasteiger partial charge < -0.3 is 4.74 Å². The summed E-state index contributed by atoms with van der Waals surface area (Å²) in [5.74, 6) is 0.581. The first-order valence-electron chi connectivity index (χ1n) is 8.75. The SMILES string of the molecule is Cc1ccc(OCc2nnc(NC(=O)c3ccc(C(C)(C)C)cc3)s2)cc1. The maximum absolute atomic E-state index is 12.4. The summed E-state index contributed by atoms with van der Waals surface area (Å²) in [5, 5.41) is 12.0. The normalized spacial score (nSPS) is 11.3. The molecule has 0 spiro atoms. The number of carbonyl (C=O) groups excluding carboxylic acids is 1. The van der Waals surface area contributed by atoms with E-state index in [-0.39, 0.29) is 11.3 Å². The van der Waals surface area contributed by atoms with Crippen LogP contribution in [0.3, 0.4) is 0 Å². The molecule has 0 atom stereocenters. The van der Waals surface area contributed by atoms with E-state index in [9.17, 15) is 4.79 Å². The molecule has 1 amide bonds. The molecule has 0 radical (unpaired) electrons. The number of carbonyl (C=O) groups is 1. The van der Waals surface area contributed by atoms with Crippen molar-refractivity contribution in [2.75, 3.05) is 5.32 Å². The van der Waals surface area contributed by atoms with Crippen LogP contribution in [0.5, 0.6) is 5.75 Å². The minimum atomic E-state index is -0.197. The van der Waals surface area contributed by atoms with Crippen molar-refractivity contribution in [3.63, 3.8) is 0 Å². The van der Waals surface area contributed by atoms with Crippen molar-refractivity contribution in [3.8, 4) is 5.75 Å². The maximum Gasteiger partial charge on any atom is 0.257 e. The number of aromatic nitrogens is 2. The molecule has 0 aliphatic rings. The second-order valence-corrected chi connectivity index (χ2v) is 8.45. The Bertz CT molecular complexity index is 910. The highest BCUT2D eigenvalue weighted by Crippen LogP contribution is 2.23. The molecule has 2 aromatic carbocycles. The lowest BCUT2D eigenvalue weighted by molar-refractivity contribution is 0.102. The van der Waals surface area contributed by atoms with Gasteiger partial charge in [-0.25, -0.2) is 0 Å². The minimum absolute atomic E-state index is 0.0561. The van der Waals surface area contributed by atoms with Crippen molar-refractivity contribution >= 4 is 22.4 Å². The number of rotatable bonds is 5. The Morgan fingerprint density at radius 2 is 1.70 bits per heavy atom. The van der Waals surface area contributed by atoms with Gasteiger partial charge in [-0.1, -0.05) is 61.9 Å². The van der Waals surface area contributed by atoms with E-state index in [1.54, 1.807) is 0 Å². The largest absolute Gasteiger partial charge is 0.486 e. The van der Waals surface area contributed by atoms with Crippen LogP contribution in [-0.2, 0) is 12.0 Å². The van der Waals surface area contributed by atoms with E-state index >= 15 is 0 Å². The molecule has 5 nitrogen and oxygen atoms in total. The molecule has 0 saturated heterocycles. The number of ether oxygens (including phenoxy) is 1. The number of anilines is 1. The number of nitrogens with zero attached hydrogens (tertiary/aromatic N) is 2. The molecule has 0 bridgehead atoms. The zero-order valence-corrected chi connectivity index (χ0v) is 16.8. The van der Waals surface area contributed by atoms with Crippen LogP contribution >= 0.6 is 11.3 Å². The monoisotopic (exact) mass is 381 g/mol. The average molecular weight is 382 g/mol. The van der Waals surface area contributed by atoms with Crippen LogP contribution in [0.2, 0.25) is 0 Å². The first kappa shape index (κ1) is 19.0. The third-order valence-corrected chi connectivity index (χ3v) is 4.90. The van der Waals surface area contributed by atoms with Gasteiger partial charge in [-0.05, 0) is 42.2 Å². The Morgan fingerprint density at radius 3 is 2.33 bits per heavy atom. The van der Waals surface area contributed by atoms with Crippen LogP contribution in [0.4, 0.5) is 5.13 Å². The van der Waals surface area contributed by atoms with Gasteiger partial charge in [0.05, 0.1) is 0 Å². The van der Waals surface area contributed by atoms with Crippen LogP contribution in [0.15, 0.2) is 48.5 Å². The molecular weight excluding hydrogens is 358 g/mol. The Morgan fingerprint density at radius 1 is 1.04 bits per heavy atom. The van der Waals surface area contributed by atoms with E-state index in [2.05, 4.69) is 36.3 Å². The smallest absolute Gasteiger partial charge is 0.257 e. The summed E-state index contributed by atoms with van der Waals surface area (Å²) in [7, 11) is 0. The molecule has 3 aromatic rings. The second kappa shape index (κ2) is 7.88. The van der Waals surface area contributed by atoms with Crippen molar-refractivity contribution in [1.29, 1.82) is 0 Å². The zero-order valence-electron chi connectivity index (χ0n) is 15.9. The van der Waals surface area contributed by atoms with Gasteiger partial charge in [-0.2, -0.15) is 0 Å². The third-order valence-electron chi connectivity index (χ3n) is 4.08. The van der Waals surface area contributed by atoms with E-state index in [1.807, 2.05) is 55.5 Å². The highest BCUT2D eigenvalue weighted by molar-refractivity contribution is 7.15. The predicted molar refractivity (Wildman–Crippen MR) is 109 cm³/mol. The molecular formula is C21H23N3O2S. The maximum atomic E-state index is 12.4. The summed E-state index contributed by atoms with van der Waals surface area (Å²) in [6, 6.07) is 15.4. The van der Waals surface area contributed by atoms with E-state index in [1.165, 1.54) is 22.5 Å². The van der Waals surface area contributed by atoms with Gasteiger partial charge in [0.25, 0.3) is 5.91 Å². The number of benzene rings is 2. The van der Waals surface area contributed by atoms with E-state index in [0.717, 1.165) is 5.75 Å². The summed E-state index contributed by atoms with van der Waals surface area (Å²) in [6.45, 7) is 8.77. The van der Waals surface area contributed by atoms with Crippen molar-refractivity contribution in [1.82, 2.24) is 10.2 Å². The van der Waals surface area contributed by atoms with Crippen LogP contribution in [0.1, 0.15) is 47.3 Å². The molecule has 140 valence electrons. The fourth-order valence-corrected chi connectivity index (χ4v) is 3.08. The Balaban J connectivity index is 1.58. The first-order valence-corrected chi connectivity index (χ1v) is 9.57. The molecule has 1 N–H and O–H groups in total. The van der Waals surface area contributed by atoms with Crippen molar-refractivity contribution in [2.24, 2.45) is 0 Å². The summed E-state index contributed by atoms with van der Waals surface area (Å²) in [5.41, 5.74) is 3.01. The number of hydrogen-bond acceptors (Lipinski definition) is 5. The van der Waals surface area contributed by atoms with Crippen LogP contribution in [-0.4, -0.2) is 16.1 Å². The Labute approximate surface area is 163 Å². The fourth-order valence-electron chi connectivity index (χ4n) is 2.43. The molecule has 1 aromatic heterocycles. The van der Waals surface area contributed by atoms with Crippen molar-refractivity contribution in [2.45, 2.75) is 39.7 Å². The van der Waals surface area contributed by atoms with Gasteiger partial charge in [-0.3, -0.25) is 10.1 Å². The molecule has 0 aliphatic heterocycles. The van der Waals surface area contributed by atoms with E-state index < -0.39 is 0 Å². The summed E-state index contributed by atoms with van der Waals surface area (Å²) in [4.78, 5) is 12.4. The van der Waals surface area contributed by atoms with E-state index in [4.69, 9.17) is 4.74 Å². The minimum Gasteiger partial charge on any atom is -0.486 e. The predicted octanol–water partition coefficient (Wildman–Crippen LogP) is 4.98. The number of aryl methyl sites for hydroxylation is 1. The first-order chi connectivity index (χ1) is 12.8. The molecule has 0 unspecified atom stereocenters. The quantitative estimate of drug-likeness (QED) is 0.677. The third kappa shape index (κ3) is 5.14. The van der Waals surface area contributed by atoms with Crippen LogP contribution in [0.25, 0.3) is 0 Å². The molecule has 3 rings (SSSR count).